The minimum Gasteiger partial charge on any atom is -0.480 e. The number of para-hydroxylation sites is 1. The number of carboxylic acids is 1. The Morgan fingerprint density at radius 2 is 1.85 bits per heavy atom. The number of hydrogen-bond acceptors (Lipinski definition) is 3. The first-order valence-corrected chi connectivity index (χ1v) is 8.60. The second kappa shape index (κ2) is 7.49. The lowest BCUT2D eigenvalue weighted by Gasteiger charge is -2.17. The predicted molar refractivity (Wildman–Crippen MR) is 102 cm³/mol. The number of carbonyl (C=O) groups excluding carboxylic acids is 1. The monoisotopic (exact) mass is 367 g/mol. The molecule has 0 aliphatic carbocycles. The van der Waals surface area contributed by atoms with E-state index in [1.54, 1.807) is 24.6 Å². The van der Waals surface area contributed by atoms with Gasteiger partial charge >= 0.3 is 5.97 Å². The van der Waals surface area contributed by atoms with Gasteiger partial charge in [-0.2, -0.15) is 0 Å². The number of carbonyl (C=O) groups is 2. The second-order valence-electron chi connectivity index (χ2n) is 6.58. The van der Waals surface area contributed by atoms with E-state index in [4.69, 9.17) is 0 Å². The van der Waals surface area contributed by atoms with Crippen LogP contribution in [0.2, 0.25) is 0 Å². The molecular formula is C20H21N3O4. The number of nitrogens with one attached hydrogen (secondary N) is 2. The second-order valence-corrected chi connectivity index (χ2v) is 6.58. The molecule has 2 heterocycles. The average molecular weight is 367 g/mol. The van der Waals surface area contributed by atoms with Gasteiger partial charge in [0.15, 0.2) is 5.43 Å². The van der Waals surface area contributed by atoms with Crippen LogP contribution < -0.4 is 10.7 Å². The summed E-state index contributed by atoms with van der Waals surface area (Å²) >= 11 is 0. The number of amides is 1. The number of aromatic amines is 1. The fraction of sp³-hybridized carbons (Fsp3) is 0.250. The van der Waals surface area contributed by atoms with E-state index in [2.05, 4.69) is 10.3 Å². The van der Waals surface area contributed by atoms with E-state index in [-0.39, 0.29) is 18.4 Å². The van der Waals surface area contributed by atoms with Gasteiger partial charge in [-0.3, -0.25) is 9.59 Å². The fourth-order valence-electron chi connectivity index (χ4n) is 3.24. The summed E-state index contributed by atoms with van der Waals surface area (Å²) in [5, 5.41) is 13.1. The number of benzene rings is 1. The van der Waals surface area contributed by atoms with Crippen LogP contribution in [0.4, 0.5) is 0 Å². The van der Waals surface area contributed by atoms with Crippen molar-refractivity contribution in [3.63, 3.8) is 0 Å². The Balaban J connectivity index is 1.76. The molecule has 3 rings (SSSR count). The molecule has 2 aromatic heterocycles. The molecule has 0 spiro atoms. The van der Waals surface area contributed by atoms with Crippen molar-refractivity contribution < 1.29 is 14.7 Å². The first-order chi connectivity index (χ1) is 12.8. The van der Waals surface area contributed by atoms with Crippen LogP contribution in [0.1, 0.15) is 17.0 Å². The van der Waals surface area contributed by atoms with Gasteiger partial charge in [-0.25, -0.2) is 4.79 Å². The van der Waals surface area contributed by atoms with Gasteiger partial charge in [0.2, 0.25) is 5.91 Å². The highest BCUT2D eigenvalue weighted by atomic mass is 16.4. The van der Waals surface area contributed by atoms with Gasteiger partial charge < -0.3 is 20.0 Å². The van der Waals surface area contributed by atoms with E-state index in [9.17, 15) is 19.5 Å². The number of carboxylic acid groups (broad SMARTS) is 1. The van der Waals surface area contributed by atoms with Gasteiger partial charge in [0.1, 0.15) is 12.6 Å². The van der Waals surface area contributed by atoms with Gasteiger partial charge in [0, 0.05) is 47.0 Å². The molecule has 3 N–H and O–H groups in total. The summed E-state index contributed by atoms with van der Waals surface area (Å²) in [7, 11) is 0. The molecule has 0 radical (unpaired) electrons. The third kappa shape index (κ3) is 4.08. The number of aryl methyl sites for hydroxylation is 2. The largest absolute Gasteiger partial charge is 0.480 e. The summed E-state index contributed by atoms with van der Waals surface area (Å²) in [5.74, 6) is -1.51. The number of nitrogens with zero attached hydrogens (tertiary/aromatic N) is 1. The van der Waals surface area contributed by atoms with E-state index in [0.29, 0.717) is 11.4 Å². The van der Waals surface area contributed by atoms with Gasteiger partial charge in [-0.1, -0.05) is 18.2 Å². The van der Waals surface area contributed by atoms with Crippen molar-refractivity contribution in [2.75, 3.05) is 0 Å². The standard InChI is InChI=1S/C20H21N3O4/c1-12-7-15(24)8-13(2)23(12)11-19(25)22-18(20(26)27)9-14-10-21-17-6-4-3-5-16(14)17/h3-8,10,18,21H,9,11H2,1-2H3,(H,22,25)(H,26,27). The Hall–Kier alpha value is -3.35. The smallest absolute Gasteiger partial charge is 0.326 e. The maximum atomic E-state index is 12.4. The fourth-order valence-corrected chi connectivity index (χ4v) is 3.24. The van der Waals surface area contributed by atoms with E-state index in [1.165, 1.54) is 12.1 Å². The van der Waals surface area contributed by atoms with E-state index < -0.39 is 17.9 Å². The summed E-state index contributed by atoms with van der Waals surface area (Å²) < 4.78 is 1.68. The molecule has 1 atom stereocenters. The summed E-state index contributed by atoms with van der Waals surface area (Å²) in [4.78, 5) is 38.7. The topological polar surface area (TPSA) is 104 Å². The number of rotatable bonds is 6. The molecule has 0 bridgehead atoms. The van der Waals surface area contributed by atoms with Crippen LogP contribution in [-0.4, -0.2) is 32.6 Å². The Morgan fingerprint density at radius 3 is 2.52 bits per heavy atom. The zero-order chi connectivity index (χ0) is 19.6. The third-order valence-electron chi connectivity index (χ3n) is 4.59. The number of pyridine rings is 1. The normalized spacial score (nSPS) is 12.1. The third-order valence-corrected chi connectivity index (χ3v) is 4.59. The number of aromatic nitrogens is 2. The molecule has 27 heavy (non-hydrogen) atoms. The molecule has 0 fully saturated rings. The van der Waals surface area contributed by atoms with Gasteiger partial charge in [-0.15, -0.1) is 0 Å². The minimum atomic E-state index is -1.10. The predicted octanol–water partition coefficient (Wildman–Crippen LogP) is 1.76. The van der Waals surface area contributed by atoms with E-state index in [1.807, 2.05) is 24.3 Å². The molecule has 7 nitrogen and oxygen atoms in total. The summed E-state index contributed by atoms with van der Waals surface area (Å²) in [6.45, 7) is 3.43. The van der Waals surface area contributed by atoms with Gasteiger partial charge in [-0.05, 0) is 25.5 Å². The van der Waals surface area contributed by atoms with Crippen LogP contribution in [0.15, 0.2) is 47.4 Å². The first kappa shape index (κ1) is 18.4. The number of aliphatic carboxylic acids is 1. The molecule has 1 aromatic carbocycles. The molecule has 1 unspecified atom stereocenters. The first-order valence-electron chi connectivity index (χ1n) is 8.60. The van der Waals surface area contributed by atoms with Crippen LogP contribution >= 0.6 is 0 Å². The van der Waals surface area contributed by atoms with Crippen molar-refractivity contribution in [2.45, 2.75) is 32.9 Å². The van der Waals surface area contributed by atoms with Crippen molar-refractivity contribution in [1.29, 1.82) is 0 Å². The molecule has 1 amide bonds. The van der Waals surface area contributed by atoms with Crippen LogP contribution in [0.25, 0.3) is 10.9 Å². The van der Waals surface area contributed by atoms with Gasteiger partial charge in [0.05, 0.1) is 0 Å². The maximum absolute atomic E-state index is 12.4. The maximum Gasteiger partial charge on any atom is 0.326 e. The summed E-state index contributed by atoms with van der Waals surface area (Å²) in [5.41, 5.74) is 2.93. The van der Waals surface area contributed by atoms with Crippen LogP contribution in [0.5, 0.6) is 0 Å². The lowest BCUT2D eigenvalue weighted by atomic mass is 10.0. The zero-order valence-corrected chi connectivity index (χ0v) is 15.2. The van der Waals surface area contributed by atoms with Crippen molar-refractivity contribution in [3.05, 3.63) is 69.8 Å². The van der Waals surface area contributed by atoms with Crippen LogP contribution in [-0.2, 0) is 22.6 Å². The number of H-pyrrole nitrogens is 1. The average Bonchev–Trinajstić information content (AvgIpc) is 3.00. The quantitative estimate of drug-likeness (QED) is 0.617. The molecule has 0 saturated carbocycles. The van der Waals surface area contributed by atoms with Crippen LogP contribution in [0, 0.1) is 13.8 Å². The molecule has 140 valence electrons. The molecule has 0 saturated heterocycles. The van der Waals surface area contributed by atoms with Crippen LogP contribution in [0.3, 0.4) is 0 Å². The Kier molecular flexibility index (Phi) is 5.12. The molecule has 3 aromatic rings. The highest BCUT2D eigenvalue weighted by molar-refractivity contribution is 5.86. The van der Waals surface area contributed by atoms with E-state index in [0.717, 1.165) is 16.5 Å². The number of fused-ring (bicyclic) bond motifs is 1. The number of hydrogen-bond donors (Lipinski definition) is 3. The lowest BCUT2D eigenvalue weighted by Crippen LogP contribution is -2.44. The van der Waals surface area contributed by atoms with E-state index >= 15 is 0 Å². The zero-order valence-electron chi connectivity index (χ0n) is 15.2. The Morgan fingerprint density at radius 1 is 1.19 bits per heavy atom. The molecule has 0 aliphatic rings. The SMILES string of the molecule is Cc1cc(=O)cc(C)n1CC(=O)NC(Cc1c[nH]c2ccccc12)C(=O)O. The highest BCUT2D eigenvalue weighted by Gasteiger charge is 2.22. The summed E-state index contributed by atoms with van der Waals surface area (Å²) in [6.07, 6.45) is 1.94. The molecule has 0 aliphatic heterocycles. The minimum absolute atomic E-state index is 0.0460. The summed E-state index contributed by atoms with van der Waals surface area (Å²) in [6, 6.07) is 9.45. The molecule has 7 heteroatoms. The lowest BCUT2D eigenvalue weighted by molar-refractivity contribution is -0.141. The van der Waals surface area contributed by atoms with Crippen molar-refractivity contribution >= 4 is 22.8 Å². The van der Waals surface area contributed by atoms with Crippen molar-refractivity contribution in [1.82, 2.24) is 14.9 Å². The Labute approximate surface area is 155 Å². The molecular weight excluding hydrogens is 346 g/mol. The highest BCUT2D eigenvalue weighted by Crippen LogP contribution is 2.19. The van der Waals surface area contributed by atoms with Crippen molar-refractivity contribution in [2.24, 2.45) is 0 Å². The van der Waals surface area contributed by atoms with Gasteiger partial charge in [0.25, 0.3) is 0 Å². The van der Waals surface area contributed by atoms with Crippen molar-refractivity contribution in [3.8, 4) is 0 Å². The Bertz CT molecular complexity index is 1040.